The van der Waals surface area contributed by atoms with Crippen molar-refractivity contribution in [1.29, 1.82) is 0 Å². The summed E-state index contributed by atoms with van der Waals surface area (Å²) in [6.07, 6.45) is 1.01. The number of para-hydroxylation sites is 1. The summed E-state index contributed by atoms with van der Waals surface area (Å²) in [7, 11) is -2.49. The number of hydrogen-bond acceptors (Lipinski definition) is 0. The Morgan fingerprint density at radius 1 is 0.571 bits per heavy atom. The van der Waals surface area contributed by atoms with Gasteiger partial charge >= 0.3 is 0 Å². The van der Waals surface area contributed by atoms with Crippen LogP contribution in [-0.4, -0.2) is 12.6 Å². The molecule has 0 atom stereocenters. The number of benzene rings is 5. The van der Waals surface area contributed by atoms with Gasteiger partial charge < -0.3 is 4.57 Å². The molecule has 0 radical (unpaired) electrons. The van der Waals surface area contributed by atoms with E-state index >= 15 is 0 Å². The largest absolute Gasteiger partial charge is 0.341 e. The number of hydrogen-bond donors (Lipinski definition) is 0. The molecular weight excluding hydrogens is 438 g/mol. The van der Waals surface area contributed by atoms with E-state index in [1.165, 1.54) is 53.7 Å². The molecule has 6 aromatic rings. The zero-order chi connectivity index (χ0) is 23.4. The van der Waals surface area contributed by atoms with Gasteiger partial charge in [0.1, 0.15) is 0 Å². The van der Waals surface area contributed by atoms with Crippen LogP contribution in [0.15, 0.2) is 121 Å². The smallest absolute Gasteiger partial charge is 0.180 e. The normalized spacial score (nSPS) is 14.1. The van der Waals surface area contributed by atoms with Crippen LogP contribution in [0.4, 0.5) is 0 Å². The van der Waals surface area contributed by atoms with E-state index in [2.05, 4.69) is 133 Å². The summed E-state index contributed by atoms with van der Waals surface area (Å²) < 4.78 is 2.45. The second-order valence-electron chi connectivity index (χ2n) is 9.60. The van der Waals surface area contributed by atoms with Gasteiger partial charge in [-0.05, 0) is 57.4 Å². The van der Waals surface area contributed by atoms with Crippen molar-refractivity contribution in [3.05, 3.63) is 132 Å². The van der Waals surface area contributed by atoms with Crippen LogP contribution < -0.4 is 20.7 Å². The predicted octanol–water partition coefficient (Wildman–Crippen LogP) is 5.10. The molecular formula is C33H27NSi. The monoisotopic (exact) mass is 465 g/mol. The molecule has 1 aliphatic rings. The molecule has 35 heavy (non-hydrogen) atoms. The van der Waals surface area contributed by atoms with E-state index in [0.29, 0.717) is 0 Å². The minimum atomic E-state index is -2.49. The van der Waals surface area contributed by atoms with Crippen molar-refractivity contribution in [3.63, 3.8) is 0 Å². The fourth-order valence-electron chi connectivity index (χ4n) is 6.54. The third-order valence-corrected chi connectivity index (χ3v) is 12.9. The number of aromatic nitrogens is 1. The molecule has 5 aromatic carbocycles. The first-order valence-electron chi connectivity index (χ1n) is 12.6. The highest BCUT2D eigenvalue weighted by Gasteiger charge is 2.46. The molecule has 1 aromatic heterocycles. The molecule has 0 aliphatic carbocycles. The molecule has 7 rings (SSSR count). The van der Waals surface area contributed by atoms with Gasteiger partial charge in [0, 0.05) is 28.4 Å². The van der Waals surface area contributed by atoms with Gasteiger partial charge in [-0.25, -0.2) is 0 Å². The van der Waals surface area contributed by atoms with Crippen molar-refractivity contribution in [1.82, 2.24) is 4.57 Å². The Labute approximate surface area is 207 Å². The lowest BCUT2D eigenvalue weighted by Crippen LogP contribution is -2.77. The summed E-state index contributed by atoms with van der Waals surface area (Å²) in [6.45, 7) is 3.21. The summed E-state index contributed by atoms with van der Waals surface area (Å²) in [5.41, 5.74) is 5.59. The van der Waals surface area contributed by atoms with Crippen molar-refractivity contribution in [2.24, 2.45) is 0 Å². The maximum Gasteiger partial charge on any atom is 0.180 e. The molecule has 2 heterocycles. The van der Waals surface area contributed by atoms with Crippen LogP contribution in [0.25, 0.3) is 21.8 Å². The molecule has 1 aliphatic heterocycles. The molecule has 0 unspecified atom stereocenters. The van der Waals surface area contributed by atoms with E-state index in [9.17, 15) is 0 Å². The van der Waals surface area contributed by atoms with Crippen LogP contribution >= 0.6 is 0 Å². The van der Waals surface area contributed by atoms with E-state index < -0.39 is 8.07 Å². The summed E-state index contributed by atoms with van der Waals surface area (Å²) in [5, 5.41) is 8.70. The van der Waals surface area contributed by atoms with Crippen LogP contribution in [0.3, 0.4) is 0 Å². The number of fused-ring (bicyclic) bond motifs is 5. The number of rotatable bonds is 3. The molecule has 2 heteroatoms. The summed E-state index contributed by atoms with van der Waals surface area (Å²) in [5.74, 6) is 0. The third-order valence-electron chi connectivity index (χ3n) is 7.95. The molecule has 0 N–H and O–H groups in total. The maximum absolute atomic E-state index is 2.53. The van der Waals surface area contributed by atoms with Crippen molar-refractivity contribution >= 4 is 50.6 Å². The van der Waals surface area contributed by atoms with Crippen LogP contribution in [0.1, 0.15) is 18.1 Å². The van der Waals surface area contributed by atoms with Crippen molar-refractivity contribution in [2.75, 3.05) is 0 Å². The zero-order valence-electron chi connectivity index (χ0n) is 19.9. The Morgan fingerprint density at radius 2 is 1.17 bits per heavy atom. The van der Waals surface area contributed by atoms with E-state index in [1.54, 1.807) is 0 Å². The average molecular weight is 466 g/mol. The minimum absolute atomic E-state index is 0.969. The average Bonchev–Trinajstić information content (AvgIpc) is 3.25. The van der Waals surface area contributed by atoms with Gasteiger partial charge in [-0.3, -0.25) is 0 Å². The van der Waals surface area contributed by atoms with Crippen LogP contribution in [0, 0.1) is 0 Å². The molecule has 0 bridgehead atoms. The fourth-order valence-corrected chi connectivity index (χ4v) is 11.8. The van der Waals surface area contributed by atoms with Crippen LogP contribution in [-0.2, 0) is 13.0 Å². The maximum atomic E-state index is 2.53. The Hall–Kier alpha value is -3.88. The Kier molecular flexibility index (Phi) is 4.58. The quantitative estimate of drug-likeness (QED) is 0.320. The van der Waals surface area contributed by atoms with E-state index in [0.717, 1.165) is 13.0 Å². The van der Waals surface area contributed by atoms with Gasteiger partial charge in [-0.15, -0.1) is 0 Å². The first-order chi connectivity index (χ1) is 17.3. The standard InChI is InChI=1S/C33H27NSi/c1-2-34-30-17-9-8-16-28(30)29-23-27(20-21-31(29)34)35(26-14-4-3-5-15-26)32-18-10-6-12-24(32)22-25-13-7-11-19-33(25)35/h3-21,23H,2,22H2,1H3. The molecule has 0 amide bonds. The first kappa shape index (κ1) is 20.5. The highest BCUT2D eigenvalue weighted by molar-refractivity contribution is 7.20. The Morgan fingerprint density at radius 3 is 1.89 bits per heavy atom. The fraction of sp³-hybridized carbons (Fsp3) is 0.0909. The van der Waals surface area contributed by atoms with Gasteiger partial charge in [0.15, 0.2) is 8.07 Å². The van der Waals surface area contributed by atoms with Crippen molar-refractivity contribution in [3.8, 4) is 0 Å². The van der Waals surface area contributed by atoms with Gasteiger partial charge in [-0.1, -0.05) is 109 Å². The van der Waals surface area contributed by atoms with Crippen LogP contribution in [0.2, 0.25) is 0 Å². The molecule has 0 saturated heterocycles. The molecule has 1 nitrogen and oxygen atoms in total. The summed E-state index contributed by atoms with van der Waals surface area (Å²) in [4.78, 5) is 0. The van der Waals surface area contributed by atoms with Gasteiger partial charge in [0.25, 0.3) is 0 Å². The van der Waals surface area contributed by atoms with Crippen molar-refractivity contribution in [2.45, 2.75) is 19.9 Å². The van der Waals surface area contributed by atoms with Gasteiger partial charge in [0.05, 0.1) is 0 Å². The SMILES string of the molecule is CCn1c2ccccc2c2cc([Si]3(c4ccccc4)c4ccccc4Cc4ccccc43)ccc21. The Balaban J connectivity index is 1.65. The third kappa shape index (κ3) is 2.81. The second-order valence-corrected chi connectivity index (χ2v) is 13.3. The second kappa shape index (κ2) is 7.83. The number of aryl methyl sites for hydroxylation is 1. The highest BCUT2D eigenvalue weighted by atomic mass is 28.3. The molecule has 0 spiro atoms. The summed E-state index contributed by atoms with van der Waals surface area (Å²) in [6, 6.07) is 45.9. The zero-order valence-corrected chi connectivity index (χ0v) is 20.9. The number of nitrogens with zero attached hydrogens (tertiary/aromatic N) is 1. The Bertz CT molecular complexity index is 1660. The van der Waals surface area contributed by atoms with Crippen LogP contribution in [0.5, 0.6) is 0 Å². The molecule has 168 valence electrons. The molecule has 0 saturated carbocycles. The lowest BCUT2D eigenvalue weighted by molar-refractivity contribution is 0.827. The van der Waals surface area contributed by atoms with E-state index in [-0.39, 0.29) is 0 Å². The topological polar surface area (TPSA) is 4.93 Å². The van der Waals surface area contributed by atoms with Gasteiger partial charge in [0.2, 0.25) is 0 Å². The van der Waals surface area contributed by atoms with E-state index in [4.69, 9.17) is 0 Å². The van der Waals surface area contributed by atoms with Crippen molar-refractivity contribution < 1.29 is 0 Å². The lowest BCUT2D eigenvalue weighted by atomic mass is 10.0. The minimum Gasteiger partial charge on any atom is -0.341 e. The summed E-state index contributed by atoms with van der Waals surface area (Å²) >= 11 is 0. The predicted molar refractivity (Wildman–Crippen MR) is 152 cm³/mol. The molecule has 0 fully saturated rings. The first-order valence-corrected chi connectivity index (χ1v) is 14.6. The lowest BCUT2D eigenvalue weighted by Gasteiger charge is -2.40. The highest BCUT2D eigenvalue weighted by Crippen LogP contribution is 2.29. The van der Waals surface area contributed by atoms with E-state index in [1.807, 2.05) is 0 Å². The van der Waals surface area contributed by atoms with Gasteiger partial charge in [-0.2, -0.15) is 0 Å².